The van der Waals surface area contributed by atoms with Crippen molar-refractivity contribution in [2.24, 2.45) is 0 Å². The van der Waals surface area contributed by atoms with Gasteiger partial charge >= 0.3 is 0 Å². The van der Waals surface area contributed by atoms with E-state index in [0.717, 1.165) is 11.6 Å². The molecule has 0 saturated heterocycles. The van der Waals surface area contributed by atoms with E-state index in [1.165, 1.54) is 49.7 Å². The number of aromatic nitrogens is 3. The van der Waals surface area contributed by atoms with Crippen molar-refractivity contribution in [3.05, 3.63) is 35.2 Å². The lowest BCUT2D eigenvalue weighted by Crippen LogP contribution is -2.19. The number of nitrogens with one attached hydrogen (secondary N) is 2. The first kappa shape index (κ1) is 15.8. The largest absolute Gasteiger partial charge is 0.486 e. The standard InChI is InChI=1S/C18H26N4O/c1-13-9-10-16(11-14(13)2)23-12-17-20-18(22-21-17)19-15-7-5-3-4-6-8-15/h9-11,15H,3-8,12H2,1-2H3,(H2,19,20,21,22). The molecule has 5 nitrogen and oxygen atoms in total. The minimum absolute atomic E-state index is 0.405. The van der Waals surface area contributed by atoms with Gasteiger partial charge < -0.3 is 10.1 Å². The van der Waals surface area contributed by atoms with Gasteiger partial charge in [0.1, 0.15) is 12.4 Å². The number of anilines is 1. The van der Waals surface area contributed by atoms with Gasteiger partial charge in [-0.25, -0.2) is 0 Å². The highest BCUT2D eigenvalue weighted by molar-refractivity contribution is 5.34. The summed E-state index contributed by atoms with van der Waals surface area (Å²) in [6, 6.07) is 6.62. The fourth-order valence-corrected chi connectivity index (χ4v) is 2.99. The summed E-state index contributed by atoms with van der Waals surface area (Å²) >= 11 is 0. The molecule has 1 aromatic heterocycles. The molecule has 0 unspecified atom stereocenters. The van der Waals surface area contributed by atoms with Gasteiger partial charge in [0, 0.05) is 6.04 Å². The lowest BCUT2D eigenvalue weighted by Gasteiger charge is -2.14. The summed E-state index contributed by atoms with van der Waals surface area (Å²) in [7, 11) is 0. The predicted molar refractivity (Wildman–Crippen MR) is 91.7 cm³/mol. The first-order valence-corrected chi connectivity index (χ1v) is 8.58. The Balaban J connectivity index is 1.53. The first-order chi connectivity index (χ1) is 11.2. The molecular weight excluding hydrogens is 288 g/mol. The van der Waals surface area contributed by atoms with Crippen LogP contribution in [0.25, 0.3) is 0 Å². The van der Waals surface area contributed by atoms with Gasteiger partial charge in [0.05, 0.1) is 0 Å². The predicted octanol–water partition coefficient (Wildman–Crippen LogP) is 4.14. The molecule has 0 aliphatic heterocycles. The fourth-order valence-electron chi connectivity index (χ4n) is 2.99. The lowest BCUT2D eigenvalue weighted by atomic mass is 10.1. The number of hydrogen-bond acceptors (Lipinski definition) is 4. The van der Waals surface area contributed by atoms with Crippen LogP contribution in [0.2, 0.25) is 0 Å². The molecular formula is C18H26N4O. The Morgan fingerprint density at radius 1 is 1.13 bits per heavy atom. The Hall–Kier alpha value is -2.04. The van der Waals surface area contributed by atoms with Gasteiger partial charge in [0.2, 0.25) is 5.95 Å². The van der Waals surface area contributed by atoms with Gasteiger partial charge in [-0.05, 0) is 49.9 Å². The van der Waals surface area contributed by atoms with E-state index < -0.39 is 0 Å². The topological polar surface area (TPSA) is 62.8 Å². The SMILES string of the molecule is Cc1ccc(OCc2nc(NC3CCCCCC3)n[nH]2)cc1C. The highest BCUT2D eigenvalue weighted by Crippen LogP contribution is 2.20. The van der Waals surface area contributed by atoms with Crippen molar-refractivity contribution in [1.82, 2.24) is 15.2 Å². The molecule has 0 spiro atoms. The van der Waals surface area contributed by atoms with Crippen LogP contribution in [0.1, 0.15) is 55.5 Å². The van der Waals surface area contributed by atoms with Crippen LogP contribution in [0.15, 0.2) is 18.2 Å². The molecule has 1 aliphatic rings. The number of aryl methyl sites for hydroxylation is 2. The molecule has 0 radical (unpaired) electrons. The summed E-state index contributed by atoms with van der Waals surface area (Å²) in [5.41, 5.74) is 2.50. The molecule has 0 amide bonds. The average Bonchev–Trinajstić information content (AvgIpc) is 2.82. The minimum Gasteiger partial charge on any atom is -0.486 e. The summed E-state index contributed by atoms with van der Waals surface area (Å²) in [5.74, 6) is 2.30. The molecule has 2 aromatic rings. The van der Waals surface area contributed by atoms with E-state index in [1.54, 1.807) is 0 Å². The van der Waals surface area contributed by atoms with E-state index in [2.05, 4.69) is 46.5 Å². The summed E-state index contributed by atoms with van der Waals surface area (Å²) in [6.45, 7) is 4.59. The lowest BCUT2D eigenvalue weighted by molar-refractivity contribution is 0.296. The summed E-state index contributed by atoms with van der Waals surface area (Å²) in [6.07, 6.45) is 7.71. The van der Waals surface area contributed by atoms with Crippen molar-refractivity contribution in [2.75, 3.05) is 5.32 Å². The van der Waals surface area contributed by atoms with E-state index in [-0.39, 0.29) is 0 Å². The van der Waals surface area contributed by atoms with Crippen LogP contribution in [-0.2, 0) is 6.61 Å². The number of rotatable bonds is 5. The smallest absolute Gasteiger partial charge is 0.242 e. The number of nitrogens with zero attached hydrogens (tertiary/aromatic N) is 2. The third-order valence-corrected chi connectivity index (χ3v) is 4.57. The number of aromatic amines is 1. The van der Waals surface area contributed by atoms with Crippen molar-refractivity contribution in [3.63, 3.8) is 0 Å². The zero-order valence-corrected chi connectivity index (χ0v) is 14.1. The van der Waals surface area contributed by atoms with E-state index in [1.807, 2.05) is 6.07 Å². The normalized spacial score (nSPS) is 16.1. The third-order valence-electron chi connectivity index (χ3n) is 4.57. The monoisotopic (exact) mass is 314 g/mol. The average molecular weight is 314 g/mol. The zero-order chi connectivity index (χ0) is 16.1. The molecule has 1 aliphatic carbocycles. The maximum atomic E-state index is 5.79. The van der Waals surface area contributed by atoms with Gasteiger partial charge in [0.15, 0.2) is 5.82 Å². The minimum atomic E-state index is 0.405. The van der Waals surface area contributed by atoms with Gasteiger partial charge in [-0.15, -0.1) is 5.10 Å². The third kappa shape index (κ3) is 4.47. The van der Waals surface area contributed by atoms with E-state index in [0.29, 0.717) is 18.6 Å². The Morgan fingerprint density at radius 2 is 1.91 bits per heavy atom. The van der Waals surface area contributed by atoms with Crippen molar-refractivity contribution in [1.29, 1.82) is 0 Å². The van der Waals surface area contributed by atoms with E-state index in [9.17, 15) is 0 Å². The zero-order valence-electron chi connectivity index (χ0n) is 14.1. The number of H-pyrrole nitrogens is 1. The molecule has 124 valence electrons. The quantitative estimate of drug-likeness (QED) is 0.814. The molecule has 0 bridgehead atoms. The molecule has 2 N–H and O–H groups in total. The first-order valence-electron chi connectivity index (χ1n) is 8.58. The van der Waals surface area contributed by atoms with Crippen molar-refractivity contribution in [2.45, 2.75) is 65.0 Å². The molecule has 1 heterocycles. The Labute approximate surface area is 137 Å². The number of ether oxygens (including phenoxy) is 1. The van der Waals surface area contributed by atoms with Crippen LogP contribution in [-0.4, -0.2) is 21.2 Å². The van der Waals surface area contributed by atoms with Crippen molar-refractivity contribution in [3.8, 4) is 5.75 Å². The highest BCUT2D eigenvalue weighted by atomic mass is 16.5. The number of benzene rings is 1. The second kappa shape index (κ2) is 7.49. The summed E-state index contributed by atoms with van der Waals surface area (Å²) in [5, 5.41) is 10.7. The molecule has 0 atom stereocenters. The van der Waals surface area contributed by atoms with Crippen LogP contribution in [0.4, 0.5) is 5.95 Å². The Kier molecular flexibility index (Phi) is 5.16. The molecule has 1 fully saturated rings. The fraction of sp³-hybridized carbons (Fsp3) is 0.556. The Morgan fingerprint density at radius 3 is 2.65 bits per heavy atom. The van der Waals surface area contributed by atoms with Crippen LogP contribution in [0.3, 0.4) is 0 Å². The van der Waals surface area contributed by atoms with Gasteiger partial charge in [-0.1, -0.05) is 31.7 Å². The van der Waals surface area contributed by atoms with E-state index >= 15 is 0 Å². The highest BCUT2D eigenvalue weighted by Gasteiger charge is 2.14. The molecule has 5 heteroatoms. The molecule has 3 rings (SSSR count). The van der Waals surface area contributed by atoms with Crippen molar-refractivity contribution < 1.29 is 4.74 Å². The summed E-state index contributed by atoms with van der Waals surface area (Å²) in [4.78, 5) is 4.49. The van der Waals surface area contributed by atoms with Crippen molar-refractivity contribution >= 4 is 5.95 Å². The maximum absolute atomic E-state index is 5.79. The second-order valence-corrected chi connectivity index (χ2v) is 6.47. The molecule has 1 saturated carbocycles. The molecule has 23 heavy (non-hydrogen) atoms. The van der Waals surface area contributed by atoms with Crippen LogP contribution >= 0.6 is 0 Å². The second-order valence-electron chi connectivity index (χ2n) is 6.47. The van der Waals surface area contributed by atoms with Gasteiger partial charge in [-0.3, -0.25) is 5.10 Å². The van der Waals surface area contributed by atoms with Crippen LogP contribution in [0.5, 0.6) is 5.75 Å². The van der Waals surface area contributed by atoms with Gasteiger partial charge in [-0.2, -0.15) is 4.98 Å². The Bertz CT molecular complexity index is 630. The van der Waals surface area contributed by atoms with Gasteiger partial charge in [0.25, 0.3) is 0 Å². The van der Waals surface area contributed by atoms with Crippen LogP contribution in [0, 0.1) is 13.8 Å². The maximum Gasteiger partial charge on any atom is 0.242 e. The summed E-state index contributed by atoms with van der Waals surface area (Å²) < 4.78 is 5.79. The molecule has 1 aromatic carbocycles. The number of hydrogen-bond donors (Lipinski definition) is 2. The van der Waals surface area contributed by atoms with Crippen LogP contribution < -0.4 is 10.1 Å². The van der Waals surface area contributed by atoms with E-state index in [4.69, 9.17) is 4.74 Å².